The largest absolute Gasteiger partial charge is 1.00 e. The average Bonchev–Trinajstić information content (AvgIpc) is 2.81. The van der Waals surface area contributed by atoms with E-state index in [0.717, 1.165) is 31.0 Å². The zero-order valence-corrected chi connectivity index (χ0v) is 15.1. The van der Waals surface area contributed by atoms with Gasteiger partial charge >= 0.3 is 0 Å². The molecule has 0 radical (unpaired) electrons. The Balaban J connectivity index is 0. The Hall–Kier alpha value is -1.14. The number of hydrogen-bond donors (Lipinski definition) is 3. The number of rotatable bonds is 6. The molecule has 1 aromatic heterocycles. The van der Waals surface area contributed by atoms with Gasteiger partial charge in [-0.25, -0.2) is 9.13 Å². The van der Waals surface area contributed by atoms with Gasteiger partial charge in [-0.15, -0.1) is 24.8 Å². The summed E-state index contributed by atoms with van der Waals surface area (Å²) in [6.07, 6.45) is 6.18. The minimum absolute atomic E-state index is 0. The maximum atomic E-state index is 5.93. The molecule has 1 aromatic carbocycles. The molecule has 2 rings (SSSR count). The monoisotopic (exact) mass is 367 g/mol. The van der Waals surface area contributed by atoms with Crippen LogP contribution in [0, 0.1) is 0 Å². The Labute approximate surface area is 150 Å². The molecule has 0 atom stereocenters. The van der Waals surface area contributed by atoms with Crippen LogP contribution < -0.4 is 33.3 Å². The quantitative estimate of drug-likeness (QED) is 0.333. The van der Waals surface area contributed by atoms with Crippen molar-refractivity contribution in [3.8, 4) is 0 Å². The first-order valence-electron chi connectivity index (χ1n) is 6.47. The molecule has 22 heavy (non-hydrogen) atoms. The summed E-state index contributed by atoms with van der Waals surface area (Å²) < 4.78 is 4.20. The van der Waals surface area contributed by atoms with Crippen molar-refractivity contribution < 1.29 is 17.0 Å². The highest BCUT2D eigenvalue weighted by Gasteiger charge is 2.01. The van der Waals surface area contributed by atoms with Crippen LogP contribution in [0.5, 0.6) is 0 Å². The highest BCUT2D eigenvalue weighted by atomic mass is 35.5. The van der Waals surface area contributed by atoms with Crippen LogP contribution in [0.25, 0.3) is 0 Å². The molecule has 5 nitrogen and oxygen atoms in total. The Morgan fingerprint density at radius 1 is 1.27 bits per heavy atom. The Morgan fingerprint density at radius 2 is 2.00 bits per heavy atom. The molecule has 4 N–H and O–H groups in total. The van der Waals surface area contributed by atoms with Crippen LogP contribution in [-0.2, 0) is 20.1 Å². The van der Waals surface area contributed by atoms with Gasteiger partial charge in [-0.3, -0.25) is 0 Å². The number of nitrogens with zero attached hydrogens (tertiary/aromatic N) is 2. The number of anilines is 2. The molecular weight excluding hydrogens is 345 g/mol. The molecule has 0 aliphatic carbocycles. The number of halogens is 3. The summed E-state index contributed by atoms with van der Waals surface area (Å²) in [5, 5.41) is 6.48. The van der Waals surface area contributed by atoms with Crippen LogP contribution in [-0.4, -0.2) is 18.2 Å². The average molecular weight is 369 g/mol. The van der Waals surface area contributed by atoms with Gasteiger partial charge in [0.05, 0.1) is 18.4 Å². The number of nitrogen functional groups attached to an aromatic ring is 1. The second-order valence-electron chi connectivity index (χ2n) is 4.67. The summed E-state index contributed by atoms with van der Waals surface area (Å²) in [7, 11) is 3.90. The van der Waals surface area contributed by atoms with Crippen LogP contribution in [0.15, 0.2) is 36.9 Å². The third-order valence-electron chi connectivity index (χ3n) is 3.08. The molecule has 0 bridgehead atoms. The number of benzene rings is 1. The van der Waals surface area contributed by atoms with E-state index in [-0.39, 0.29) is 37.2 Å². The number of imidazole rings is 1. The molecule has 0 saturated carbocycles. The van der Waals surface area contributed by atoms with Gasteiger partial charge in [0, 0.05) is 20.1 Å². The Morgan fingerprint density at radius 3 is 2.55 bits per heavy atom. The zero-order chi connectivity index (χ0) is 13.7. The van der Waals surface area contributed by atoms with Gasteiger partial charge in [-0.1, -0.05) is 6.07 Å². The summed E-state index contributed by atoms with van der Waals surface area (Å²) in [6, 6.07) is 6.11. The molecular formula is C14H24Cl3N5. The van der Waals surface area contributed by atoms with Gasteiger partial charge in [0.2, 0.25) is 6.33 Å². The highest BCUT2D eigenvalue weighted by Crippen LogP contribution is 2.18. The fourth-order valence-electron chi connectivity index (χ4n) is 2.02. The number of nitrogens with one attached hydrogen (secondary N) is 2. The van der Waals surface area contributed by atoms with Crippen LogP contribution in [0.4, 0.5) is 11.4 Å². The molecule has 1 heterocycles. The number of aromatic nitrogens is 2. The van der Waals surface area contributed by atoms with E-state index in [1.165, 1.54) is 5.56 Å². The predicted molar refractivity (Wildman–Crippen MR) is 92.2 cm³/mol. The SMILES string of the molecule is CNc1ccc(CNCC[n+]2ccn(C)c2)cc1N.Cl.Cl.[Cl-]. The third kappa shape index (κ3) is 6.75. The van der Waals surface area contributed by atoms with Crippen molar-refractivity contribution in [2.75, 3.05) is 24.6 Å². The van der Waals surface area contributed by atoms with Crippen LogP contribution in [0.2, 0.25) is 0 Å². The number of hydrogen-bond acceptors (Lipinski definition) is 3. The molecule has 2 aromatic rings. The van der Waals surface area contributed by atoms with E-state index in [1.807, 2.05) is 37.0 Å². The van der Waals surface area contributed by atoms with Crippen molar-refractivity contribution in [3.63, 3.8) is 0 Å². The zero-order valence-electron chi connectivity index (χ0n) is 12.8. The first-order valence-corrected chi connectivity index (χ1v) is 6.47. The van der Waals surface area contributed by atoms with Gasteiger partial charge in [0.15, 0.2) is 0 Å². The number of aryl methyl sites for hydroxylation is 1. The molecule has 0 fully saturated rings. The van der Waals surface area contributed by atoms with Crippen molar-refractivity contribution in [2.45, 2.75) is 13.1 Å². The fraction of sp³-hybridized carbons (Fsp3) is 0.357. The highest BCUT2D eigenvalue weighted by molar-refractivity contribution is 5.85. The van der Waals surface area contributed by atoms with E-state index < -0.39 is 0 Å². The van der Waals surface area contributed by atoms with Crippen molar-refractivity contribution >= 4 is 36.2 Å². The van der Waals surface area contributed by atoms with Crippen molar-refractivity contribution in [1.82, 2.24) is 9.88 Å². The summed E-state index contributed by atoms with van der Waals surface area (Å²) in [5.41, 5.74) is 8.90. The summed E-state index contributed by atoms with van der Waals surface area (Å²) in [4.78, 5) is 0. The van der Waals surface area contributed by atoms with Gasteiger partial charge in [-0.05, 0) is 17.7 Å². The number of nitrogens with two attached hydrogens (primary N) is 1. The van der Waals surface area contributed by atoms with E-state index in [1.54, 1.807) is 0 Å². The molecule has 8 heteroatoms. The lowest BCUT2D eigenvalue weighted by Gasteiger charge is -2.08. The second kappa shape index (κ2) is 11.4. The summed E-state index contributed by atoms with van der Waals surface area (Å²) in [6.45, 7) is 2.73. The molecule has 0 amide bonds. The van der Waals surface area contributed by atoms with E-state index in [0.29, 0.717) is 0 Å². The van der Waals surface area contributed by atoms with Crippen LogP contribution in [0.1, 0.15) is 5.56 Å². The molecule has 0 saturated heterocycles. The molecule has 126 valence electrons. The molecule has 0 spiro atoms. The topological polar surface area (TPSA) is 58.9 Å². The minimum atomic E-state index is 0. The summed E-state index contributed by atoms with van der Waals surface area (Å²) in [5.74, 6) is 0. The third-order valence-corrected chi connectivity index (χ3v) is 3.08. The van der Waals surface area contributed by atoms with E-state index in [2.05, 4.69) is 33.8 Å². The standard InChI is InChI=1S/C14H22N5.3ClH/c1-16-14-4-3-12(9-13(14)15)10-17-5-6-19-8-7-18(2)11-19;;;/h3-4,7-9,11,16-17H,5-6,10,15H2,1-2H3;3*1H/q+1;;;/p-1. The first kappa shape index (κ1) is 23.1. The maximum Gasteiger partial charge on any atom is 0.243 e. The van der Waals surface area contributed by atoms with Crippen LogP contribution >= 0.6 is 24.8 Å². The van der Waals surface area contributed by atoms with Crippen LogP contribution in [0.3, 0.4) is 0 Å². The van der Waals surface area contributed by atoms with Gasteiger partial charge in [0.25, 0.3) is 0 Å². The Bertz CT molecular complexity index is 545. The second-order valence-corrected chi connectivity index (χ2v) is 4.67. The van der Waals surface area contributed by atoms with Gasteiger partial charge < -0.3 is 28.8 Å². The lowest BCUT2D eigenvalue weighted by atomic mass is 10.1. The van der Waals surface area contributed by atoms with E-state index in [4.69, 9.17) is 5.73 Å². The predicted octanol–water partition coefficient (Wildman–Crippen LogP) is -1.43. The minimum Gasteiger partial charge on any atom is -1.00 e. The normalized spacial score (nSPS) is 9.18. The lowest BCUT2D eigenvalue weighted by Crippen LogP contribution is -3.00. The molecule has 0 aliphatic heterocycles. The van der Waals surface area contributed by atoms with Crippen molar-refractivity contribution in [3.05, 3.63) is 42.5 Å². The smallest absolute Gasteiger partial charge is 0.243 e. The maximum absolute atomic E-state index is 5.93. The van der Waals surface area contributed by atoms with Crippen molar-refractivity contribution in [2.24, 2.45) is 7.05 Å². The fourth-order valence-corrected chi connectivity index (χ4v) is 2.02. The first-order chi connectivity index (χ1) is 9.19. The molecule has 0 aliphatic rings. The van der Waals surface area contributed by atoms with E-state index in [9.17, 15) is 0 Å². The Kier molecular flexibility index (Phi) is 12.0. The molecule has 0 unspecified atom stereocenters. The van der Waals surface area contributed by atoms with Gasteiger partial charge in [0.1, 0.15) is 18.9 Å². The lowest BCUT2D eigenvalue weighted by molar-refractivity contribution is -0.694. The van der Waals surface area contributed by atoms with E-state index >= 15 is 0 Å². The summed E-state index contributed by atoms with van der Waals surface area (Å²) >= 11 is 0. The van der Waals surface area contributed by atoms with Gasteiger partial charge in [-0.2, -0.15) is 0 Å². The van der Waals surface area contributed by atoms with Crippen molar-refractivity contribution in [1.29, 1.82) is 0 Å².